The van der Waals surface area contributed by atoms with Gasteiger partial charge in [0.2, 0.25) is 0 Å². The first-order chi connectivity index (χ1) is 6.18. The Morgan fingerprint density at radius 3 is 2.46 bits per heavy atom. The third kappa shape index (κ3) is 4.83. The summed E-state index contributed by atoms with van der Waals surface area (Å²) in [4.78, 5) is 4.83. The lowest BCUT2D eigenvalue weighted by Gasteiger charge is -2.27. The molecule has 0 saturated carbocycles. The van der Waals surface area contributed by atoms with Crippen molar-refractivity contribution >= 4 is 12.2 Å². The summed E-state index contributed by atoms with van der Waals surface area (Å²) in [6.07, 6.45) is 2.50. The average molecular weight is 206 g/mol. The van der Waals surface area contributed by atoms with Crippen LogP contribution < -0.4 is 0 Å². The smallest absolute Gasteiger partial charge is 0.123 e. The molecule has 0 unspecified atom stereocenters. The quantitative estimate of drug-likeness (QED) is 0.302. The minimum absolute atomic E-state index is 0.853. The van der Waals surface area contributed by atoms with Crippen molar-refractivity contribution in [1.82, 2.24) is 9.37 Å². The van der Waals surface area contributed by atoms with Crippen LogP contribution in [0, 0.1) is 5.92 Å². The van der Waals surface area contributed by atoms with E-state index in [-0.39, 0.29) is 0 Å². The maximum Gasteiger partial charge on any atom is 0.123 e. The lowest BCUT2D eigenvalue weighted by molar-refractivity contribution is -0.342. The van der Waals surface area contributed by atoms with E-state index in [1.54, 1.807) is 14.1 Å². The lowest BCUT2D eigenvalue weighted by Crippen LogP contribution is -2.28. The van der Waals surface area contributed by atoms with Gasteiger partial charge in [0.15, 0.2) is 0 Å². The van der Waals surface area contributed by atoms with Crippen molar-refractivity contribution < 1.29 is 9.32 Å². The van der Waals surface area contributed by atoms with E-state index >= 15 is 0 Å². The molecule has 1 saturated heterocycles. The minimum atomic E-state index is 0.853. The van der Waals surface area contributed by atoms with Gasteiger partial charge in [-0.05, 0) is 18.8 Å². The number of piperidine rings is 1. The Kier molecular flexibility index (Phi) is 5.05. The predicted molar refractivity (Wildman–Crippen MR) is 53.4 cm³/mol. The molecule has 0 aromatic heterocycles. The molecule has 0 spiro atoms. The second-order valence-corrected chi connectivity index (χ2v) is 4.44. The SMILES string of the molecule is CC1CCN(SOON(C)C)CC1. The Morgan fingerprint density at radius 1 is 1.31 bits per heavy atom. The third-order valence-corrected chi connectivity index (χ3v) is 2.76. The Labute approximate surface area is 84.4 Å². The first-order valence-electron chi connectivity index (χ1n) is 4.62. The van der Waals surface area contributed by atoms with Gasteiger partial charge in [0, 0.05) is 27.2 Å². The molecule has 0 N–H and O–H groups in total. The van der Waals surface area contributed by atoms with E-state index < -0.39 is 0 Å². The van der Waals surface area contributed by atoms with Gasteiger partial charge >= 0.3 is 0 Å². The van der Waals surface area contributed by atoms with Crippen LogP contribution in [0.25, 0.3) is 0 Å². The Morgan fingerprint density at radius 2 is 1.92 bits per heavy atom. The van der Waals surface area contributed by atoms with Crippen molar-refractivity contribution in [3.8, 4) is 0 Å². The number of hydroxylamine groups is 2. The van der Waals surface area contributed by atoms with Crippen molar-refractivity contribution in [2.45, 2.75) is 19.8 Å². The van der Waals surface area contributed by atoms with E-state index in [9.17, 15) is 0 Å². The molecule has 0 aromatic carbocycles. The van der Waals surface area contributed by atoms with Crippen LogP contribution in [-0.4, -0.2) is 36.6 Å². The highest BCUT2D eigenvalue weighted by atomic mass is 32.2. The predicted octanol–water partition coefficient (Wildman–Crippen LogP) is 1.71. The van der Waals surface area contributed by atoms with Crippen molar-refractivity contribution in [3.63, 3.8) is 0 Å². The van der Waals surface area contributed by atoms with Crippen LogP contribution in [0.5, 0.6) is 0 Å². The second kappa shape index (κ2) is 5.82. The molecular weight excluding hydrogens is 188 g/mol. The fourth-order valence-electron chi connectivity index (χ4n) is 1.18. The highest BCUT2D eigenvalue weighted by Gasteiger charge is 2.16. The molecule has 0 bridgehead atoms. The average Bonchev–Trinajstić information content (AvgIpc) is 2.08. The Balaban J connectivity index is 2.02. The van der Waals surface area contributed by atoms with Gasteiger partial charge in [-0.2, -0.15) is 5.06 Å². The molecule has 1 fully saturated rings. The summed E-state index contributed by atoms with van der Waals surface area (Å²) >= 11 is 1.30. The summed E-state index contributed by atoms with van der Waals surface area (Å²) in [5.74, 6) is 0.853. The van der Waals surface area contributed by atoms with Gasteiger partial charge in [-0.1, -0.05) is 6.92 Å². The van der Waals surface area contributed by atoms with E-state index in [0.29, 0.717) is 0 Å². The van der Waals surface area contributed by atoms with E-state index in [1.165, 1.54) is 30.1 Å². The summed E-state index contributed by atoms with van der Waals surface area (Å²) in [6, 6.07) is 0. The van der Waals surface area contributed by atoms with Gasteiger partial charge in [0.1, 0.15) is 12.2 Å². The molecule has 13 heavy (non-hydrogen) atoms. The fourth-order valence-corrected chi connectivity index (χ4v) is 1.77. The van der Waals surface area contributed by atoms with Crippen LogP contribution in [0.1, 0.15) is 19.8 Å². The molecule has 0 amide bonds. The van der Waals surface area contributed by atoms with E-state index in [4.69, 9.17) is 9.32 Å². The molecule has 0 radical (unpaired) electrons. The fraction of sp³-hybridized carbons (Fsp3) is 1.00. The van der Waals surface area contributed by atoms with Gasteiger partial charge in [-0.15, -0.1) is 9.32 Å². The Bertz CT molecular complexity index is 138. The van der Waals surface area contributed by atoms with Crippen LogP contribution in [0.2, 0.25) is 0 Å². The largest absolute Gasteiger partial charge is 0.224 e. The summed E-state index contributed by atoms with van der Waals surface area (Å²) in [5, 5.41) is 1.53. The molecule has 78 valence electrons. The van der Waals surface area contributed by atoms with Crippen molar-refractivity contribution in [1.29, 1.82) is 0 Å². The zero-order chi connectivity index (χ0) is 9.68. The van der Waals surface area contributed by atoms with Gasteiger partial charge in [-0.25, -0.2) is 4.31 Å². The number of hydrogen-bond donors (Lipinski definition) is 0. The first kappa shape index (κ1) is 11.3. The molecule has 1 aliphatic rings. The zero-order valence-corrected chi connectivity index (χ0v) is 9.34. The van der Waals surface area contributed by atoms with Crippen LogP contribution in [-0.2, 0) is 9.32 Å². The molecule has 0 aliphatic carbocycles. The topological polar surface area (TPSA) is 24.9 Å². The summed E-state index contributed by atoms with van der Waals surface area (Å²) in [6.45, 7) is 4.46. The van der Waals surface area contributed by atoms with Crippen LogP contribution in [0.3, 0.4) is 0 Å². The van der Waals surface area contributed by atoms with Crippen LogP contribution in [0.15, 0.2) is 0 Å². The van der Waals surface area contributed by atoms with Gasteiger partial charge in [-0.3, -0.25) is 0 Å². The number of hydrogen-bond acceptors (Lipinski definition) is 5. The highest BCUT2D eigenvalue weighted by Crippen LogP contribution is 2.22. The molecule has 1 rings (SSSR count). The molecule has 1 heterocycles. The summed E-state index contributed by atoms with van der Waals surface area (Å²) < 4.78 is 7.12. The first-order valence-corrected chi connectivity index (χ1v) is 5.32. The number of rotatable bonds is 4. The van der Waals surface area contributed by atoms with Gasteiger partial charge in [0.05, 0.1) is 0 Å². The molecule has 5 heteroatoms. The second-order valence-electron chi connectivity index (χ2n) is 3.64. The third-order valence-electron chi connectivity index (χ3n) is 2.06. The maximum atomic E-state index is 4.94. The lowest BCUT2D eigenvalue weighted by atomic mass is 10.0. The van der Waals surface area contributed by atoms with Crippen molar-refractivity contribution in [2.24, 2.45) is 5.92 Å². The monoisotopic (exact) mass is 206 g/mol. The van der Waals surface area contributed by atoms with E-state index in [0.717, 1.165) is 19.0 Å². The van der Waals surface area contributed by atoms with Gasteiger partial charge < -0.3 is 0 Å². The van der Waals surface area contributed by atoms with E-state index in [2.05, 4.69) is 11.2 Å². The standard InChI is InChI=1S/C8H18N2O2S/c1-8-4-6-10(7-5-8)13-12-11-9(2)3/h8H,4-7H2,1-3H3. The maximum absolute atomic E-state index is 4.94. The molecular formula is C8H18N2O2S. The summed E-state index contributed by atoms with van der Waals surface area (Å²) in [7, 11) is 3.58. The molecule has 0 atom stereocenters. The highest BCUT2D eigenvalue weighted by molar-refractivity contribution is 7.92. The molecule has 4 nitrogen and oxygen atoms in total. The van der Waals surface area contributed by atoms with Gasteiger partial charge in [0.25, 0.3) is 0 Å². The zero-order valence-electron chi connectivity index (χ0n) is 8.52. The Hall–Kier alpha value is 0.190. The van der Waals surface area contributed by atoms with Crippen molar-refractivity contribution in [3.05, 3.63) is 0 Å². The molecule has 1 aliphatic heterocycles. The van der Waals surface area contributed by atoms with Crippen LogP contribution in [0.4, 0.5) is 0 Å². The van der Waals surface area contributed by atoms with Crippen molar-refractivity contribution in [2.75, 3.05) is 27.2 Å². The normalized spacial score (nSPS) is 21.2. The summed E-state index contributed by atoms with van der Waals surface area (Å²) in [5.41, 5.74) is 0. The minimum Gasteiger partial charge on any atom is -0.224 e. The number of nitrogens with zero attached hydrogens (tertiary/aromatic N) is 2. The van der Waals surface area contributed by atoms with Crippen LogP contribution >= 0.6 is 12.2 Å². The van der Waals surface area contributed by atoms with E-state index in [1.807, 2.05) is 0 Å². The molecule has 0 aromatic rings.